The zero-order valence-electron chi connectivity index (χ0n) is 12.8. The molecule has 1 heterocycles. The van der Waals surface area contributed by atoms with Gasteiger partial charge in [0.25, 0.3) is 0 Å². The number of hydrogen-bond acceptors (Lipinski definition) is 3. The summed E-state index contributed by atoms with van der Waals surface area (Å²) in [5.41, 5.74) is 0. The minimum atomic E-state index is -3.42. The van der Waals surface area contributed by atoms with Gasteiger partial charge < -0.3 is 4.90 Å². The Morgan fingerprint density at radius 2 is 1.87 bits per heavy atom. The molecule has 0 bridgehead atoms. The zero-order chi connectivity index (χ0) is 16.4. The maximum atomic E-state index is 12.7. The number of nitrogens with zero attached hydrogens (tertiary/aromatic N) is 1. The van der Waals surface area contributed by atoms with Gasteiger partial charge in [0.1, 0.15) is 0 Å². The molecule has 0 radical (unpaired) electrons. The van der Waals surface area contributed by atoms with Crippen LogP contribution in [0.15, 0.2) is 41.3 Å². The molecular weight excluding hydrogens is 334 g/mol. The molecule has 1 amide bonds. The van der Waals surface area contributed by atoms with Crippen molar-refractivity contribution in [2.24, 2.45) is 5.92 Å². The average molecular weight is 354 g/mol. The van der Waals surface area contributed by atoms with Crippen LogP contribution in [-0.4, -0.2) is 37.6 Å². The van der Waals surface area contributed by atoms with E-state index in [1.807, 2.05) is 6.08 Å². The van der Waals surface area contributed by atoms with Gasteiger partial charge in [0.2, 0.25) is 5.91 Å². The van der Waals surface area contributed by atoms with Gasteiger partial charge in [-0.15, -0.1) is 0 Å². The van der Waals surface area contributed by atoms with E-state index < -0.39 is 15.1 Å². The molecule has 3 rings (SSSR count). The summed E-state index contributed by atoms with van der Waals surface area (Å²) in [5, 5.41) is -0.00992. The maximum Gasteiger partial charge on any atom is 0.226 e. The Bertz CT molecular complexity index is 712. The van der Waals surface area contributed by atoms with Crippen molar-refractivity contribution in [1.29, 1.82) is 0 Å². The quantitative estimate of drug-likeness (QED) is 0.785. The average Bonchev–Trinajstić information content (AvgIpc) is 3.06. The van der Waals surface area contributed by atoms with Crippen molar-refractivity contribution in [1.82, 2.24) is 4.90 Å². The van der Waals surface area contributed by atoms with Gasteiger partial charge in [-0.05, 0) is 49.9 Å². The predicted octanol–water partition coefficient (Wildman–Crippen LogP) is 3.07. The molecule has 1 fully saturated rings. The first-order valence-electron chi connectivity index (χ1n) is 7.92. The summed E-state index contributed by atoms with van der Waals surface area (Å²) < 4.78 is 25.4. The van der Waals surface area contributed by atoms with Gasteiger partial charge in [-0.2, -0.15) is 0 Å². The fraction of sp³-hybridized carbons (Fsp3) is 0.471. The number of benzene rings is 1. The second kappa shape index (κ2) is 6.65. The molecule has 0 N–H and O–H groups in total. The van der Waals surface area contributed by atoms with Crippen LogP contribution in [0, 0.1) is 5.92 Å². The predicted molar refractivity (Wildman–Crippen MR) is 90.1 cm³/mol. The number of carbonyl (C=O) groups is 1. The lowest BCUT2D eigenvalue weighted by molar-refractivity contribution is -0.134. The Morgan fingerprint density at radius 1 is 1.13 bits per heavy atom. The van der Waals surface area contributed by atoms with Crippen LogP contribution >= 0.6 is 11.6 Å². The van der Waals surface area contributed by atoms with Crippen molar-refractivity contribution >= 4 is 27.3 Å². The van der Waals surface area contributed by atoms with Gasteiger partial charge >= 0.3 is 0 Å². The number of sulfone groups is 1. The van der Waals surface area contributed by atoms with Crippen LogP contribution in [0.3, 0.4) is 0 Å². The van der Waals surface area contributed by atoms with E-state index >= 15 is 0 Å². The highest BCUT2D eigenvalue weighted by atomic mass is 35.5. The summed E-state index contributed by atoms with van der Waals surface area (Å²) in [6.07, 6.45) is 7.20. The molecule has 2 aliphatic rings. The molecule has 1 aromatic carbocycles. The van der Waals surface area contributed by atoms with E-state index in [0.29, 0.717) is 24.5 Å². The summed E-state index contributed by atoms with van der Waals surface area (Å²) in [6.45, 7) is 0.820. The number of allylic oxidation sites excluding steroid dienone is 2. The number of hydrogen-bond donors (Lipinski definition) is 0. The SMILES string of the molecule is O=C(C1CC=CCC1)N1CCC(S(=O)(=O)c2ccc(Cl)cc2)C1. The van der Waals surface area contributed by atoms with Gasteiger partial charge in [0.15, 0.2) is 9.84 Å². The lowest BCUT2D eigenvalue weighted by Gasteiger charge is -2.24. The number of amides is 1. The molecule has 1 saturated heterocycles. The molecule has 2 atom stereocenters. The first-order valence-corrected chi connectivity index (χ1v) is 9.84. The van der Waals surface area contributed by atoms with Crippen LogP contribution in [-0.2, 0) is 14.6 Å². The Balaban J connectivity index is 1.70. The van der Waals surface area contributed by atoms with Crippen LogP contribution in [0.25, 0.3) is 0 Å². The van der Waals surface area contributed by atoms with E-state index in [1.165, 1.54) is 12.1 Å². The van der Waals surface area contributed by atoms with E-state index in [-0.39, 0.29) is 16.7 Å². The topological polar surface area (TPSA) is 54.5 Å². The van der Waals surface area contributed by atoms with Crippen molar-refractivity contribution in [2.45, 2.75) is 35.8 Å². The maximum absolute atomic E-state index is 12.7. The van der Waals surface area contributed by atoms with Gasteiger partial charge in [-0.25, -0.2) is 8.42 Å². The monoisotopic (exact) mass is 353 g/mol. The standard InChI is InChI=1S/C17H20ClNO3S/c18-14-6-8-15(9-7-14)23(21,22)16-10-11-19(12-16)17(20)13-4-2-1-3-5-13/h1-2,6-9,13,16H,3-5,10-12H2. The second-order valence-electron chi connectivity index (χ2n) is 6.18. The Hall–Kier alpha value is -1.33. The summed E-state index contributed by atoms with van der Waals surface area (Å²) >= 11 is 5.82. The molecule has 0 saturated carbocycles. The molecule has 0 spiro atoms. The molecule has 1 aliphatic heterocycles. The molecule has 124 valence electrons. The van der Waals surface area contributed by atoms with E-state index in [0.717, 1.165) is 19.3 Å². The Labute approximate surface area is 142 Å². The molecule has 1 aliphatic carbocycles. The fourth-order valence-corrected chi connectivity index (χ4v) is 5.09. The first kappa shape index (κ1) is 16.5. The van der Waals surface area contributed by atoms with Crippen molar-refractivity contribution in [3.63, 3.8) is 0 Å². The third kappa shape index (κ3) is 3.45. The number of likely N-dealkylation sites (tertiary alicyclic amines) is 1. The highest BCUT2D eigenvalue weighted by molar-refractivity contribution is 7.92. The largest absolute Gasteiger partial charge is 0.341 e. The number of halogens is 1. The minimum Gasteiger partial charge on any atom is -0.341 e. The van der Waals surface area contributed by atoms with E-state index in [9.17, 15) is 13.2 Å². The molecule has 4 nitrogen and oxygen atoms in total. The van der Waals surface area contributed by atoms with Crippen LogP contribution in [0.2, 0.25) is 5.02 Å². The van der Waals surface area contributed by atoms with Gasteiger partial charge in [0, 0.05) is 24.0 Å². The van der Waals surface area contributed by atoms with E-state index in [1.54, 1.807) is 17.0 Å². The highest BCUT2D eigenvalue weighted by Crippen LogP contribution is 2.28. The third-order valence-electron chi connectivity index (χ3n) is 4.66. The van der Waals surface area contributed by atoms with Crippen molar-refractivity contribution in [3.05, 3.63) is 41.4 Å². The second-order valence-corrected chi connectivity index (χ2v) is 8.84. The summed E-state index contributed by atoms with van der Waals surface area (Å²) in [6, 6.07) is 6.24. The highest BCUT2D eigenvalue weighted by Gasteiger charge is 2.37. The lowest BCUT2D eigenvalue weighted by Crippen LogP contribution is -2.36. The van der Waals surface area contributed by atoms with Crippen LogP contribution in [0.4, 0.5) is 0 Å². The Morgan fingerprint density at radius 3 is 2.52 bits per heavy atom. The van der Waals surface area contributed by atoms with E-state index in [2.05, 4.69) is 6.08 Å². The smallest absolute Gasteiger partial charge is 0.226 e. The molecule has 2 unspecified atom stereocenters. The first-order chi connectivity index (χ1) is 11.0. The number of carbonyl (C=O) groups excluding carboxylic acids is 1. The van der Waals surface area contributed by atoms with E-state index in [4.69, 9.17) is 11.6 Å². The zero-order valence-corrected chi connectivity index (χ0v) is 14.4. The van der Waals surface area contributed by atoms with Gasteiger partial charge in [-0.3, -0.25) is 4.79 Å². The lowest BCUT2D eigenvalue weighted by atomic mass is 9.93. The molecular formula is C17H20ClNO3S. The fourth-order valence-electron chi connectivity index (χ4n) is 3.27. The Kier molecular flexibility index (Phi) is 4.78. The van der Waals surface area contributed by atoms with Crippen LogP contribution in [0.5, 0.6) is 0 Å². The van der Waals surface area contributed by atoms with Gasteiger partial charge in [-0.1, -0.05) is 23.8 Å². The van der Waals surface area contributed by atoms with Gasteiger partial charge in [0.05, 0.1) is 10.1 Å². The van der Waals surface area contributed by atoms with Crippen molar-refractivity contribution in [3.8, 4) is 0 Å². The van der Waals surface area contributed by atoms with Crippen molar-refractivity contribution in [2.75, 3.05) is 13.1 Å². The van der Waals surface area contributed by atoms with Crippen molar-refractivity contribution < 1.29 is 13.2 Å². The van der Waals surface area contributed by atoms with Crippen LogP contribution < -0.4 is 0 Å². The summed E-state index contributed by atoms with van der Waals surface area (Å²) in [4.78, 5) is 14.5. The minimum absolute atomic E-state index is 0.0111. The molecule has 23 heavy (non-hydrogen) atoms. The van der Waals surface area contributed by atoms with Crippen LogP contribution in [0.1, 0.15) is 25.7 Å². The molecule has 1 aromatic rings. The summed E-state index contributed by atoms with van der Waals surface area (Å²) in [5.74, 6) is 0.111. The normalized spacial score (nSPS) is 24.8. The molecule has 6 heteroatoms. The third-order valence-corrected chi connectivity index (χ3v) is 7.10. The molecule has 0 aromatic heterocycles. The summed E-state index contributed by atoms with van der Waals surface area (Å²) in [7, 11) is -3.42. The number of rotatable bonds is 3.